The van der Waals surface area contributed by atoms with Crippen molar-refractivity contribution in [3.8, 4) is 5.75 Å². The number of carbonyl (C=O) groups excluding carboxylic acids is 1. The van der Waals surface area contributed by atoms with Gasteiger partial charge in [-0.25, -0.2) is 0 Å². The molecule has 0 unspecified atom stereocenters. The van der Waals surface area contributed by atoms with Crippen molar-refractivity contribution in [3.05, 3.63) is 59.5 Å². The monoisotopic (exact) mass is 402 g/mol. The molecule has 0 aliphatic rings. The van der Waals surface area contributed by atoms with Gasteiger partial charge in [0.1, 0.15) is 12.4 Å². The summed E-state index contributed by atoms with van der Waals surface area (Å²) < 4.78 is 11.1. The zero-order chi connectivity index (χ0) is 21.2. The van der Waals surface area contributed by atoms with Crippen molar-refractivity contribution >= 4 is 22.6 Å². The molecule has 3 nitrogen and oxygen atoms in total. The topological polar surface area (TPSA) is 35.5 Å². The maximum atomic E-state index is 11.8. The van der Waals surface area contributed by atoms with Crippen LogP contribution < -0.4 is 4.74 Å². The van der Waals surface area contributed by atoms with Gasteiger partial charge in [-0.3, -0.25) is 4.79 Å². The Kier molecular flexibility index (Phi) is 9.60. The standard InChI is InChI=1S/C24H34O3S/c1-8-9-11-21(28-17-10-16-26-22(25)24(5,6)7)19-12-14-20(15-13-19)27-18-23(2,3)4/h8-15,17H,16,18H2,1-7H3/b9-8+,17-10+,21-11-. The number of benzene rings is 1. The van der Waals surface area contributed by atoms with Crippen molar-refractivity contribution in [3.63, 3.8) is 0 Å². The number of ether oxygens (including phenoxy) is 2. The van der Waals surface area contributed by atoms with Crippen LogP contribution in [0, 0.1) is 10.8 Å². The number of thioether (sulfide) groups is 1. The quantitative estimate of drug-likeness (QED) is 0.351. The lowest BCUT2D eigenvalue weighted by atomic mass is 9.97. The molecule has 1 aromatic rings. The predicted molar refractivity (Wildman–Crippen MR) is 121 cm³/mol. The molecule has 0 aliphatic carbocycles. The number of rotatable bonds is 8. The van der Waals surface area contributed by atoms with Crippen molar-refractivity contribution in [2.24, 2.45) is 10.8 Å². The molecule has 0 N–H and O–H groups in total. The summed E-state index contributed by atoms with van der Waals surface area (Å²) >= 11 is 1.59. The first-order chi connectivity index (χ1) is 13.0. The van der Waals surface area contributed by atoms with Crippen LogP contribution >= 0.6 is 11.8 Å². The van der Waals surface area contributed by atoms with E-state index in [1.165, 1.54) is 0 Å². The van der Waals surface area contributed by atoms with E-state index in [0.717, 1.165) is 16.2 Å². The van der Waals surface area contributed by atoms with Gasteiger partial charge in [-0.2, -0.15) is 0 Å². The molecule has 28 heavy (non-hydrogen) atoms. The Bertz CT molecular complexity index is 699. The Morgan fingerprint density at radius 2 is 1.71 bits per heavy atom. The van der Waals surface area contributed by atoms with Gasteiger partial charge in [0, 0.05) is 4.91 Å². The molecule has 4 heteroatoms. The average Bonchev–Trinajstić information content (AvgIpc) is 2.61. The van der Waals surface area contributed by atoms with Crippen molar-refractivity contribution in [2.75, 3.05) is 13.2 Å². The third kappa shape index (κ3) is 9.84. The second kappa shape index (κ2) is 11.2. The summed E-state index contributed by atoms with van der Waals surface area (Å²) in [4.78, 5) is 12.9. The average molecular weight is 403 g/mol. The molecule has 0 aliphatic heterocycles. The summed E-state index contributed by atoms with van der Waals surface area (Å²) in [6.07, 6.45) is 7.94. The van der Waals surface area contributed by atoms with Gasteiger partial charge in [0.05, 0.1) is 12.0 Å². The number of hydrogen-bond acceptors (Lipinski definition) is 4. The van der Waals surface area contributed by atoms with Crippen molar-refractivity contribution in [1.29, 1.82) is 0 Å². The van der Waals surface area contributed by atoms with Gasteiger partial charge < -0.3 is 9.47 Å². The first kappa shape index (κ1) is 24.1. The zero-order valence-electron chi connectivity index (χ0n) is 18.2. The van der Waals surface area contributed by atoms with Gasteiger partial charge in [-0.1, -0.05) is 56.8 Å². The highest BCUT2D eigenvalue weighted by Crippen LogP contribution is 2.30. The van der Waals surface area contributed by atoms with Crippen LogP contribution in [-0.4, -0.2) is 19.2 Å². The van der Waals surface area contributed by atoms with Gasteiger partial charge in [-0.15, -0.1) is 0 Å². The molecule has 0 radical (unpaired) electrons. The molecule has 1 aromatic carbocycles. The highest BCUT2D eigenvalue weighted by Gasteiger charge is 2.22. The first-order valence-corrected chi connectivity index (χ1v) is 10.5. The molecular weight excluding hydrogens is 368 g/mol. The minimum atomic E-state index is -0.477. The molecular formula is C24H34O3S. The Balaban J connectivity index is 2.70. The molecule has 0 spiro atoms. The molecule has 0 bridgehead atoms. The fourth-order valence-corrected chi connectivity index (χ4v) is 2.65. The lowest BCUT2D eigenvalue weighted by molar-refractivity contribution is -0.151. The summed E-state index contributed by atoms with van der Waals surface area (Å²) in [5.41, 5.74) is 0.768. The van der Waals surface area contributed by atoms with Crippen LogP contribution in [0.1, 0.15) is 54.0 Å². The first-order valence-electron chi connectivity index (χ1n) is 9.58. The molecule has 0 amide bonds. The summed E-state index contributed by atoms with van der Waals surface area (Å²) in [7, 11) is 0. The lowest BCUT2D eigenvalue weighted by Crippen LogP contribution is -2.22. The molecule has 0 heterocycles. The van der Waals surface area contributed by atoms with E-state index in [4.69, 9.17) is 9.47 Å². The second-order valence-electron chi connectivity index (χ2n) is 8.77. The van der Waals surface area contributed by atoms with E-state index in [1.54, 1.807) is 11.8 Å². The van der Waals surface area contributed by atoms with E-state index >= 15 is 0 Å². The number of esters is 1. The van der Waals surface area contributed by atoms with Crippen LogP contribution in [-0.2, 0) is 9.53 Å². The van der Waals surface area contributed by atoms with Crippen molar-refractivity contribution in [1.82, 2.24) is 0 Å². The molecule has 0 saturated carbocycles. The van der Waals surface area contributed by atoms with Crippen molar-refractivity contribution < 1.29 is 14.3 Å². The van der Waals surface area contributed by atoms with Crippen LogP contribution in [0.5, 0.6) is 5.75 Å². The van der Waals surface area contributed by atoms with Crippen molar-refractivity contribution in [2.45, 2.75) is 48.5 Å². The van der Waals surface area contributed by atoms with Crippen LogP contribution in [0.4, 0.5) is 0 Å². The number of hydrogen-bond donors (Lipinski definition) is 0. The molecule has 154 valence electrons. The van der Waals surface area contributed by atoms with Crippen LogP contribution in [0.2, 0.25) is 0 Å². The number of carbonyl (C=O) groups is 1. The summed E-state index contributed by atoms with van der Waals surface area (Å²) in [5, 5.41) is 1.95. The lowest BCUT2D eigenvalue weighted by Gasteiger charge is -2.19. The zero-order valence-corrected chi connectivity index (χ0v) is 19.1. The van der Waals surface area contributed by atoms with E-state index in [-0.39, 0.29) is 18.0 Å². The number of allylic oxidation sites excluding steroid dienone is 3. The predicted octanol–water partition coefficient (Wildman–Crippen LogP) is 6.86. The molecule has 0 aromatic heterocycles. The van der Waals surface area contributed by atoms with E-state index in [9.17, 15) is 4.79 Å². The fraction of sp³-hybridized carbons (Fsp3) is 0.458. The van der Waals surface area contributed by atoms with Gasteiger partial charge in [0.2, 0.25) is 0 Å². The third-order valence-electron chi connectivity index (χ3n) is 3.46. The smallest absolute Gasteiger partial charge is 0.311 e. The third-order valence-corrected chi connectivity index (χ3v) is 4.42. The largest absolute Gasteiger partial charge is 0.493 e. The SMILES string of the molecule is C/C=C/C=C(\S/C=C/COC(=O)C(C)(C)C)c1ccc(OCC(C)(C)C)cc1. The minimum absolute atomic E-state index is 0.132. The van der Waals surface area contributed by atoms with Crippen LogP contribution in [0.25, 0.3) is 4.91 Å². The van der Waals surface area contributed by atoms with Crippen LogP contribution in [0.3, 0.4) is 0 Å². The maximum absolute atomic E-state index is 11.8. The molecule has 0 fully saturated rings. The Morgan fingerprint density at radius 3 is 2.25 bits per heavy atom. The Labute approximate surface area is 174 Å². The minimum Gasteiger partial charge on any atom is -0.493 e. The summed E-state index contributed by atoms with van der Waals surface area (Å²) in [6.45, 7) is 15.0. The molecule has 0 atom stereocenters. The highest BCUT2D eigenvalue weighted by atomic mass is 32.2. The van der Waals surface area contributed by atoms with Crippen LogP contribution in [0.15, 0.2) is 54.0 Å². The van der Waals surface area contributed by atoms with E-state index in [2.05, 4.69) is 39.0 Å². The van der Waals surface area contributed by atoms with Gasteiger partial charge in [0.15, 0.2) is 0 Å². The van der Waals surface area contributed by atoms with E-state index in [1.807, 2.05) is 63.5 Å². The Hall–Kier alpha value is -1.94. The fourth-order valence-electron chi connectivity index (χ4n) is 1.90. The van der Waals surface area contributed by atoms with Gasteiger partial charge >= 0.3 is 5.97 Å². The van der Waals surface area contributed by atoms with Gasteiger partial charge in [0.25, 0.3) is 0 Å². The summed E-state index contributed by atoms with van der Waals surface area (Å²) in [6, 6.07) is 8.13. The Morgan fingerprint density at radius 1 is 1.07 bits per heavy atom. The van der Waals surface area contributed by atoms with Gasteiger partial charge in [-0.05, 0) is 68.4 Å². The maximum Gasteiger partial charge on any atom is 0.311 e. The summed E-state index contributed by atoms with van der Waals surface area (Å²) in [5.74, 6) is 0.677. The van der Waals surface area contributed by atoms with E-state index in [0.29, 0.717) is 6.61 Å². The molecule has 1 rings (SSSR count). The second-order valence-corrected chi connectivity index (χ2v) is 9.72. The highest BCUT2D eigenvalue weighted by molar-refractivity contribution is 8.10. The molecule has 0 saturated heterocycles. The normalized spacial score (nSPS) is 13.3. The van der Waals surface area contributed by atoms with E-state index < -0.39 is 5.41 Å².